The van der Waals surface area contributed by atoms with Crippen molar-refractivity contribution in [1.29, 1.82) is 0 Å². The number of nitrogens with one attached hydrogen (secondary N) is 1. The molecule has 0 radical (unpaired) electrons. The zero-order valence-corrected chi connectivity index (χ0v) is 12.3. The average molecular weight is 317 g/mol. The highest BCUT2D eigenvalue weighted by atomic mass is 32.2. The van der Waals surface area contributed by atoms with Crippen LogP contribution in [0.1, 0.15) is 5.56 Å². The van der Waals surface area contributed by atoms with Crippen molar-refractivity contribution >= 4 is 23.4 Å². The third-order valence-corrected chi connectivity index (χ3v) is 3.70. The fraction of sp³-hybridized carbons (Fsp3) is 0.143. The molecule has 3 aromatic rings. The summed E-state index contributed by atoms with van der Waals surface area (Å²) in [4.78, 5) is 20.0. The van der Waals surface area contributed by atoms with Crippen LogP contribution in [0.4, 0.5) is 4.39 Å². The van der Waals surface area contributed by atoms with E-state index in [0.717, 1.165) is 0 Å². The van der Waals surface area contributed by atoms with Gasteiger partial charge in [-0.25, -0.2) is 13.9 Å². The van der Waals surface area contributed by atoms with Crippen LogP contribution in [0.15, 0.2) is 47.9 Å². The van der Waals surface area contributed by atoms with E-state index in [4.69, 9.17) is 0 Å². The van der Waals surface area contributed by atoms with Crippen molar-refractivity contribution in [1.82, 2.24) is 24.9 Å². The Balaban J connectivity index is 1.53. The maximum absolute atomic E-state index is 13.4. The molecule has 0 aliphatic carbocycles. The van der Waals surface area contributed by atoms with E-state index in [1.165, 1.54) is 17.8 Å². The summed E-state index contributed by atoms with van der Waals surface area (Å²) in [5, 5.41) is 7.32. The maximum atomic E-state index is 13.4. The zero-order valence-electron chi connectivity index (χ0n) is 11.4. The van der Waals surface area contributed by atoms with Gasteiger partial charge in [-0.3, -0.25) is 4.79 Å². The number of carbonyl (C=O) groups is 1. The Morgan fingerprint density at radius 3 is 3.00 bits per heavy atom. The van der Waals surface area contributed by atoms with E-state index in [2.05, 4.69) is 20.4 Å². The van der Waals surface area contributed by atoms with E-state index >= 15 is 0 Å². The lowest BCUT2D eigenvalue weighted by Gasteiger charge is -2.05. The quantitative estimate of drug-likeness (QED) is 0.725. The number of carbonyl (C=O) groups excluding carboxylic acids is 1. The highest BCUT2D eigenvalue weighted by Crippen LogP contribution is 2.13. The third-order valence-electron chi connectivity index (χ3n) is 2.86. The van der Waals surface area contributed by atoms with E-state index in [1.54, 1.807) is 41.2 Å². The Morgan fingerprint density at radius 1 is 1.32 bits per heavy atom. The minimum atomic E-state index is -0.330. The van der Waals surface area contributed by atoms with Gasteiger partial charge in [0.15, 0.2) is 0 Å². The van der Waals surface area contributed by atoms with E-state index in [0.29, 0.717) is 16.5 Å². The normalized spacial score (nSPS) is 10.8. The van der Waals surface area contributed by atoms with Gasteiger partial charge in [-0.05, 0) is 12.1 Å². The summed E-state index contributed by atoms with van der Waals surface area (Å²) >= 11 is 1.20. The Morgan fingerprint density at radius 2 is 2.18 bits per heavy atom. The molecule has 22 heavy (non-hydrogen) atoms. The number of hydrogen-bond acceptors (Lipinski definition) is 5. The first-order chi connectivity index (χ1) is 10.7. The molecule has 0 fully saturated rings. The number of hydrogen-bond donors (Lipinski definition) is 1. The molecule has 0 atom stereocenters. The summed E-state index contributed by atoms with van der Waals surface area (Å²) in [7, 11) is 0. The summed E-state index contributed by atoms with van der Waals surface area (Å²) in [6.07, 6.45) is 3.36. The zero-order chi connectivity index (χ0) is 15.4. The van der Waals surface area contributed by atoms with Crippen LogP contribution in [0.3, 0.4) is 0 Å². The van der Waals surface area contributed by atoms with Crippen LogP contribution >= 0.6 is 11.8 Å². The van der Waals surface area contributed by atoms with Crippen molar-refractivity contribution in [3.8, 4) is 0 Å². The summed E-state index contributed by atoms with van der Waals surface area (Å²) in [5.74, 6) is 0.103. The second-order valence-electron chi connectivity index (χ2n) is 4.42. The Kier molecular flexibility index (Phi) is 4.29. The molecule has 112 valence electrons. The van der Waals surface area contributed by atoms with Crippen LogP contribution in [-0.4, -0.2) is 31.2 Å². The van der Waals surface area contributed by atoms with Gasteiger partial charge in [-0.1, -0.05) is 30.0 Å². The molecular formula is C14H12FN5OS. The lowest BCUT2D eigenvalue weighted by atomic mass is 10.2. The molecule has 0 saturated heterocycles. The fourth-order valence-electron chi connectivity index (χ4n) is 1.79. The van der Waals surface area contributed by atoms with Gasteiger partial charge < -0.3 is 5.32 Å². The molecule has 6 nitrogen and oxygen atoms in total. The van der Waals surface area contributed by atoms with Gasteiger partial charge in [-0.2, -0.15) is 4.98 Å². The summed E-state index contributed by atoms with van der Waals surface area (Å²) in [5.41, 5.74) is 0.455. The number of nitrogens with zero attached hydrogens (tertiary/aromatic N) is 4. The molecular weight excluding hydrogens is 305 g/mol. The van der Waals surface area contributed by atoms with Crippen molar-refractivity contribution in [2.24, 2.45) is 0 Å². The molecule has 3 rings (SSSR count). The van der Waals surface area contributed by atoms with E-state index < -0.39 is 0 Å². The van der Waals surface area contributed by atoms with Crippen LogP contribution in [0.5, 0.6) is 0 Å². The molecule has 8 heteroatoms. The van der Waals surface area contributed by atoms with Crippen LogP contribution in [0, 0.1) is 5.82 Å². The van der Waals surface area contributed by atoms with Crippen LogP contribution in [0.25, 0.3) is 5.78 Å². The van der Waals surface area contributed by atoms with Crippen molar-refractivity contribution in [3.05, 3.63) is 54.1 Å². The highest BCUT2D eigenvalue weighted by Gasteiger charge is 2.09. The van der Waals surface area contributed by atoms with Crippen LogP contribution in [0.2, 0.25) is 0 Å². The lowest BCUT2D eigenvalue weighted by Crippen LogP contribution is -2.25. The van der Waals surface area contributed by atoms with Crippen LogP contribution in [-0.2, 0) is 11.3 Å². The smallest absolute Gasteiger partial charge is 0.253 e. The summed E-state index contributed by atoms with van der Waals surface area (Å²) in [6, 6.07) is 8.09. The van der Waals surface area contributed by atoms with Gasteiger partial charge in [0.2, 0.25) is 11.1 Å². The Labute approximate surface area is 129 Å². The van der Waals surface area contributed by atoms with Gasteiger partial charge in [-0.15, -0.1) is 5.10 Å². The third kappa shape index (κ3) is 3.40. The lowest BCUT2D eigenvalue weighted by molar-refractivity contribution is -0.118. The van der Waals surface area contributed by atoms with Gasteiger partial charge >= 0.3 is 0 Å². The molecule has 0 bridgehead atoms. The second kappa shape index (κ2) is 6.52. The minimum Gasteiger partial charge on any atom is -0.351 e. The molecule has 1 N–H and O–H groups in total. The Bertz CT molecular complexity index is 774. The van der Waals surface area contributed by atoms with Gasteiger partial charge in [0.05, 0.1) is 5.75 Å². The van der Waals surface area contributed by atoms with Crippen molar-refractivity contribution in [2.75, 3.05) is 5.75 Å². The molecule has 0 spiro atoms. The van der Waals surface area contributed by atoms with Crippen molar-refractivity contribution < 1.29 is 9.18 Å². The summed E-state index contributed by atoms with van der Waals surface area (Å²) in [6.45, 7) is 0.159. The number of thioether (sulfide) groups is 1. The van der Waals surface area contributed by atoms with E-state index in [-0.39, 0.29) is 24.0 Å². The molecule has 0 saturated carbocycles. The summed E-state index contributed by atoms with van der Waals surface area (Å²) < 4.78 is 15.0. The van der Waals surface area contributed by atoms with Crippen molar-refractivity contribution in [2.45, 2.75) is 11.7 Å². The van der Waals surface area contributed by atoms with Crippen LogP contribution < -0.4 is 5.32 Å². The number of halogens is 1. The monoisotopic (exact) mass is 317 g/mol. The molecule has 2 heterocycles. The molecule has 1 amide bonds. The van der Waals surface area contributed by atoms with Crippen molar-refractivity contribution in [3.63, 3.8) is 0 Å². The number of fused-ring (bicyclic) bond motifs is 1. The average Bonchev–Trinajstić information content (AvgIpc) is 2.95. The first-order valence-corrected chi connectivity index (χ1v) is 7.51. The van der Waals surface area contributed by atoms with E-state index in [1.807, 2.05) is 0 Å². The largest absolute Gasteiger partial charge is 0.351 e. The predicted molar refractivity (Wildman–Crippen MR) is 79.8 cm³/mol. The topological polar surface area (TPSA) is 72.2 Å². The molecule has 1 aromatic carbocycles. The fourth-order valence-corrected chi connectivity index (χ4v) is 2.45. The Hall–Kier alpha value is -2.48. The SMILES string of the molecule is O=C(CSc1nc2ncccn2n1)NCc1ccccc1F. The number of benzene rings is 1. The highest BCUT2D eigenvalue weighted by molar-refractivity contribution is 7.99. The standard InChI is InChI=1S/C14H12FN5OS/c15-11-5-2-1-4-10(11)8-17-12(21)9-22-14-18-13-16-6-3-7-20(13)19-14/h1-7H,8-9H2,(H,17,21). The second-order valence-corrected chi connectivity index (χ2v) is 5.36. The first-order valence-electron chi connectivity index (χ1n) is 6.53. The minimum absolute atomic E-state index is 0.158. The molecule has 0 aliphatic heterocycles. The molecule has 0 aliphatic rings. The number of amides is 1. The number of rotatable bonds is 5. The van der Waals surface area contributed by atoms with Gasteiger partial charge in [0, 0.05) is 24.5 Å². The first kappa shape index (κ1) is 14.5. The molecule has 2 aromatic heterocycles. The van der Waals surface area contributed by atoms with E-state index in [9.17, 15) is 9.18 Å². The predicted octanol–water partition coefficient (Wildman–Crippen LogP) is 1.67. The maximum Gasteiger partial charge on any atom is 0.253 e. The molecule has 0 unspecified atom stereocenters. The van der Waals surface area contributed by atoms with Gasteiger partial charge in [0.25, 0.3) is 5.78 Å². The number of aromatic nitrogens is 4. The van der Waals surface area contributed by atoms with Gasteiger partial charge in [0.1, 0.15) is 5.82 Å².